The van der Waals surface area contributed by atoms with Crippen LogP contribution in [-0.2, 0) is 0 Å². The first kappa shape index (κ1) is 14.2. The number of nitrogens with zero attached hydrogens (tertiary/aromatic N) is 1. The molecule has 0 saturated heterocycles. The Morgan fingerprint density at radius 2 is 2.05 bits per heavy atom. The second-order valence-corrected chi connectivity index (χ2v) is 3.98. The number of hydrogen-bond donors (Lipinski definition) is 3. The molecule has 0 bridgehead atoms. The van der Waals surface area contributed by atoms with Crippen molar-refractivity contribution < 1.29 is 24.0 Å². The third kappa shape index (κ3) is 3.03. The van der Waals surface area contributed by atoms with Crippen LogP contribution in [0, 0.1) is 15.9 Å². The number of carbonyl (C=O) groups is 2. The van der Waals surface area contributed by atoms with E-state index in [4.69, 9.17) is 5.11 Å². The van der Waals surface area contributed by atoms with E-state index in [1.54, 1.807) is 0 Å². The Labute approximate surface area is 116 Å². The Hall–Kier alpha value is -3.23. The summed E-state index contributed by atoms with van der Waals surface area (Å²) in [5.74, 6) is -2.90. The van der Waals surface area contributed by atoms with Gasteiger partial charge in [-0.1, -0.05) is 0 Å². The minimum absolute atomic E-state index is 0.151. The summed E-state index contributed by atoms with van der Waals surface area (Å²) in [6.07, 6.45) is 1.01. The number of H-pyrrole nitrogens is 1. The summed E-state index contributed by atoms with van der Waals surface area (Å²) < 4.78 is 13.1. The lowest BCUT2D eigenvalue weighted by atomic mass is 10.1. The number of hydrogen-bond acceptors (Lipinski definition) is 4. The molecule has 0 fully saturated rings. The smallest absolute Gasteiger partial charge is 0.337 e. The highest BCUT2D eigenvalue weighted by molar-refractivity contribution is 6.07. The quantitative estimate of drug-likeness (QED) is 0.587. The van der Waals surface area contributed by atoms with Crippen molar-refractivity contribution in [2.75, 3.05) is 5.32 Å². The molecule has 0 aliphatic rings. The van der Waals surface area contributed by atoms with E-state index in [1.165, 1.54) is 0 Å². The molecule has 2 aromatic rings. The minimum atomic E-state index is -1.34. The highest BCUT2D eigenvalue weighted by Crippen LogP contribution is 2.19. The lowest BCUT2D eigenvalue weighted by Gasteiger charge is -2.07. The zero-order chi connectivity index (χ0) is 15.6. The number of nitro groups is 1. The van der Waals surface area contributed by atoms with Crippen molar-refractivity contribution in [3.05, 3.63) is 57.7 Å². The number of aromatic carboxylic acids is 1. The summed E-state index contributed by atoms with van der Waals surface area (Å²) >= 11 is 0. The fourth-order valence-corrected chi connectivity index (χ4v) is 1.62. The zero-order valence-corrected chi connectivity index (χ0v) is 10.3. The van der Waals surface area contributed by atoms with Gasteiger partial charge in [-0.2, -0.15) is 0 Å². The van der Waals surface area contributed by atoms with E-state index >= 15 is 0 Å². The van der Waals surface area contributed by atoms with Crippen LogP contribution in [0.3, 0.4) is 0 Å². The van der Waals surface area contributed by atoms with E-state index in [0.717, 1.165) is 30.5 Å². The standard InChI is InChI=1S/C12H8FN3O5/c13-6-1-2-8(12(18)19)9(3-6)15-11(17)10-4-7(5-14-10)16(20)21/h1-5,14H,(H,15,17)(H,18,19). The number of anilines is 1. The van der Waals surface area contributed by atoms with Crippen molar-refractivity contribution in [1.82, 2.24) is 4.98 Å². The van der Waals surface area contributed by atoms with E-state index in [2.05, 4.69) is 10.3 Å². The molecule has 0 radical (unpaired) electrons. The Morgan fingerprint density at radius 1 is 1.33 bits per heavy atom. The molecule has 0 aliphatic carbocycles. The van der Waals surface area contributed by atoms with Gasteiger partial charge in [-0.3, -0.25) is 14.9 Å². The lowest BCUT2D eigenvalue weighted by Crippen LogP contribution is -2.15. The van der Waals surface area contributed by atoms with Gasteiger partial charge in [-0.05, 0) is 18.2 Å². The fraction of sp³-hybridized carbons (Fsp3) is 0. The molecule has 1 aromatic carbocycles. The second-order valence-electron chi connectivity index (χ2n) is 3.98. The molecule has 0 saturated carbocycles. The topological polar surface area (TPSA) is 125 Å². The molecule has 9 heteroatoms. The van der Waals surface area contributed by atoms with Crippen LogP contribution in [0.1, 0.15) is 20.8 Å². The maximum Gasteiger partial charge on any atom is 0.337 e. The maximum absolute atomic E-state index is 13.1. The Bertz CT molecular complexity index is 740. The first-order valence-corrected chi connectivity index (χ1v) is 5.55. The lowest BCUT2D eigenvalue weighted by molar-refractivity contribution is -0.384. The van der Waals surface area contributed by atoms with Gasteiger partial charge in [0.1, 0.15) is 11.5 Å². The summed E-state index contributed by atoms with van der Waals surface area (Å²) in [7, 11) is 0. The summed E-state index contributed by atoms with van der Waals surface area (Å²) in [6.45, 7) is 0. The number of carboxylic acids is 1. The second kappa shape index (κ2) is 5.41. The molecular formula is C12H8FN3O5. The summed E-state index contributed by atoms with van der Waals surface area (Å²) in [5, 5.41) is 21.6. The number of nitrogens with one attached hydrogen (secondary N) is 2. The summed E-state index contributed by atoms with van der Waals surface area (Å²) in [5.41, 5.74) is -1.02. The molecule has 0 atom stereocenters. The first-order valence-electron chi connectivity index (χ1n) is 5.55. The van der Waals surface area contributed by atoms with Crippen LogP contribution in [0.25, 0.3) is 0 Å². The highest BCUT2D eigenvalue weighted by atomic mass is 19.1. The van der Waals surface area contributed by atoms with E-state index in [0.29, 0.717) is 0 Å². The molecule has 0 unspecified atom stereocenters. The maximum atomic E-state index is 13.1. The molecular weight excluding hydrogens is 285 g/mol. The van der Waals surface area contributed by atoms with E-state index in [1.807, 2.05) is 0 Å². The number of carboxylic acid groups (broad SMARTS) is 1. The van der Waals surface area contributed by atoms with Crippen LogP contribution in [-0.4, -0.2) is 26.9 Å². The Kier molecular flexibility index (Phi) is 3.65. The van der Waals surface area contributed by atoms with E-state index in [-0.39, 0.29) is 22.6 Å². The largest absolute Gasteiger partial charge is 0.478 e. The molecule has 21 heavy (non-hydrogen) atoms. The van der Waals surface area contributed by atoms with Crippen molar-refractivity contribution in [3.63, 3.8) is 0 Å². The van der Waals surface area contributed by atoms with Gasteiger partial charge in [0, 0.05) is 6.07 Å². The molecule has 108 valence electrons. The molecule has 2 rings (SSSR count). The number of benzene rings is 1. The number of carbonyl (C=O) groups excluding carboxylic acids is 1. The van der Waals surface area contributed by atoms with Crippen LogP contribution in [0.2, 0.25) is 0 Å². The van der Waals surface area contributed by atoms with Crippen LogP contribution >= 0.6 is 0 Å². The number of amides is 1. The molecule has 1 aromatic heterocycles. The van der Waals surface area contributed by atoms with Gasteiger partial charge in [0.25, 0.3) is 11.6 Å². The third-order valence-electron chi connectivity index (χ3n) is 2.58. The first-order chi connectivity index (χ1) is 9.88. The summed E-state index contributed by atoms with van der Waals surface area (Å²) in [4.78, 5) is 35.0. The molecule has 0 aliphatic heterocycles. The van der Waals surface area contributed by atoms with E-state index < -0.39 is 22.6 Å². The Balaban J connectivity index is 2.28. The number of aromatic nitrogens is 1. The molecule has 3 N–H and O–H groups in total. The number of halogens is 1. The predicted molar refractivity (Wildman–Crippen MR) is 68.8 cm³/mol. The SMILES string of the molecule is O=C(Nc1cc(F)ccc1C(=O)O)c1cc([N+](=O)[O-])c[nH]1. The van der Waals surface area contributed by atoms with Crippen molar-refractivity contribution in [1.29, 1.82) is 0 Å². The minimum Gasteiger partial charge on any atom is -0.478 e. The van der Waals surface area contributed by atoms with Crippen LogP contribution < -0.4 is 5.32 Å². The van der Waals surface area contributed by atoms with Gasteiger partial charge >= 0.3 is 5.97 Å². The fourth-order valence-electron chi connectivity index (χ4n) is 1.62. The van der Waals surface area contributed by atoms with Crippen molar-refractivity contribution >= 4 is 23.3 Å². The van der Waals surface area contributed by atoms with E-state index in [9.17, 15) is 24.1 Å². The average Bonchev–Trinajstić information content (AvgIpc) is 2.88. The predicted octanol–water partition coefficient (Wildman–Crippen LogP) is 2.01. The van der Waals surface area contributed by atoms with Crippen molar-refractivity contribution in [2.24, 2.45) is 0 Å². The number of aromatic amines is 1. The zero-order valence-electron chi connectivity index (χ0n) is 10.3. The van der Waals surface area contributed by atoms with Gasteiger partial charge < -0.3 is 15.4 Å². The molecule has 1 amide bonds. The Morgan fingerprint density at radius 3 is 2.62 bits per heavy atom. The van der Waals surface area contributed by atoms with Crippen LogP contribution in [0.15, 0.2) is 30.5 Å². The number of rotatable bonds is 4. The van der Waals surface area contributed by atoms with Crippen molar-refractivity contribution in [3.8, 4) is 0 Å². The molecule has 1 heterocycles. The van der Waals surface area contributed by atoms with Crippen LogP contribution in [0.4, 0.5) is 15.8 Å². The third-order valence-corrected chi connectivity index (χ3v) is 2.58. The van der Waals surface area contributed by atoms with Crippen LogP contribution in [0.5, 0.6) is 0 Å². The normalized spacial score (nSPS) is 10.1. The molecule has 8 nitrogen and oxygen atoms in total. The van der Waals surface area contributed by atoms with Crippen molar-refractivity contribution in [2.45, 2.75) is 0 Å². The van der Waals surface area contributed by atoms with Gasteiger partial charge in [-0.25, -0.2) is 9.18 Å². The average molecular weight is 293 g/mol. The van der Waals surface area contributed by atoms with Gasteiger partial charge in [0.15, 0.2) is 0 Å². The van der Waals surface area contributed by atoms with Gasteiger partial charge in [0.05, 0.1) is 22.4 Å². The highest BCUT2D eigenvalue weighted by Gasteiger charge is 2.18. The molecule has 0 spiro atoms. The van der Waals surface area contributed by atoms with Gasteiger partial charge in [0.2, 0.25) is 0 Å². The monoisotopic (exact) mass is 293 g/mol. The summed E-state index contributed by atoms with van der Waals surface area (Å²) in [6, 6.07) is 3.77. The van der Waals surface area contributed by atoms with Gasteiger partial charge in [-0.15, -0.1) is 0 Å².